The van der Waals surface area contributed by atoms with Gasteiger partial charge in [-0.15, -0.1) is 11.8 Å². The van der Waals surface area contributed by atoms with Crippen molar-refractivity contribution in [1.82, 2.24) is 10.3 Å². The van der Waals surface area contributed by atoms with Gasteiger partial charge in [0.15, 0.2) is 5.78 Å². The SMILES string of the molecule is CSc1ccc(C2C(C(=O)Nc3ccc(C)cn3)=C(C)NC3=C2C(=O)CC(C)C3)cc1. The minimum atomic E-state index is -0.391. The number of ketones is 1. The molecule has 1 aliphatic heterocycles. The van der Waals surface area contributed by atoms with E-state index in [4.69, 9.17) is 0 Å². The van der Waals surface area contributed by atoms with Crippen molar-refractivity contribution in [3.63, 3.8) is 0 Å². The van der Waals surface area contributed by atoms with E-state index in [1.807, 2.05) is 50.4 Å². The number of dihydropyridines is 1. The number of aryl methyl sites for hydroxylation is 1. The molecule has 6 heteroatoms. The number of benzene rings is 1. The first-order valence-corrected chi connectivity index (χ1v) is 11.7. The van der Waals surface area contributed by atoms with Crippen LogP contribution in [0.15, 0.2) is 70.0 Å². The van der Waals surface area contributed by atoms with Crippen LogP contribution in [0, 0.1) is 12.8 Å². The predicted octanol–water partition coefficient (Wildman–Crippen LogP) is 4.96. The van der Waals surface area contributed by atoms with Crippen molar-refractivity contribution in [2.24, 2.45) is 5.92 Å². The number of allylic oxidation sites excluding steroid dienone is 3. The molecule has 2 aromatic rings. The molecule has 0 radical (unpaired) electrons. The summed E-state index contributed by atoms with van der Waals surface area (Å²) in [5.74, 6) is 0.274. The Kier molecular flexibility index (Phi) is 6.01. The third-order valence-electron chi connectivity index (χ3n) is 5.88. The minimum Gasteiger partial charge on any atom is -0.362 e. The summed E-state index contributed by atoms with van der Waals surface area (Å²) in [5, 5.41) is 6.31. The number of amides is 1. The summed E-state index contributed by atoms with van der Waals surface area (Å²) in [6.07, 6.45) is 5.07. The van der Waals surface area contributed by atoms with Crippen LogP contribution in [0.3, 0.4) is 0 Å². The molecule has 4 rings (SSSR count). The van der Waals surface area contributed by atoms with Crippen molar-refractivity contribution in [2.45, 2.75) is 44.4 Å². The van der Waals surface area contributed by atoms with Crippen LogP contribution in [0.2, 0.25) is 0 Å². The topological polar surface area (TPSA) is 71.1 Å². The molecule has 1 amide bonds. The Morgan fingerprint density at radius 3 is 2.52 bits per heavy atom. The fourth-order valence-electron chi connectivity index (χ4n) is 4.39. The van der Waals surface area contributed by atoms with Gasteiger partial charge in [-0.1, -0.05) is 25.1 Å². The van der Waals surface area contributed by atoms with Crippen LogP contribution in [-0.4, -0.2) is 22.9 Å². The van der Waals surface area contributed by atoms with Crippen LogP contribution in [-0.2, 0) is 9.59 Å². The van der Waals surface area contributed by atoms with Crippen LogP contribution < -0.4 is 10.6 Å². The number of carbonyl (C=O) groups is 2. The molecule has 2 atom stereocenters. The Bertz CT molecular complexity index is 1080. The zero-order valence-corrected chi connectivity index (χ0v) is 19.1. The summed E-state index contributed by atoms with van der Waals surface area (Å²) in [6.45, 7) is 5.96. The summed E-state index contributed by atoms with van der Waals surface area (Å²) in [4.78, 5) is 32.0. The largest absolute Gasteiger partial charge is 0.362 e. The van der Waals surface area contributed by atoms with Gasteiger partial charge in [-0.3, -0.25) is 9.59 Å². The molecule has 160 valence electrons. The predicted molar refractivity (Wildman–Crippen MR) is 125 cm³/mol. The van der Waals surface area contributed by atoms with Gasteiger partial charge in [0.05, 0.1) is 0 Å². The van der Waals surface area contributed by atoms with Crippen molar-refractivity contribution in [1.29, 1.82) is 0 Å². The van der Waals surface area contributed by atoms with Gasteiger partial charge in [-0.05, 0) is 61.8 Å². The number of hydrogen-bond acceptors (Lipinski definition) is 5. The highest BCUT2D eigenvalue weighted by Crippen LogP contribution is 2.43. The van der Waals surface area contributed by atoms with Crippen LogP contribution >= 0.6 is 11.8 Å². The molecule has 2 heterocycles. The van der Waals surface area contributed by atoms with E-state index in [0.29, 0.717) is 23.7 Å². The number of nitrogens with one attached hydrogen (secondary N) is 2. The first-order chi connectivity index (χ1) is 14.9. The van der Waals surface area contributed by atoms with E-state index in [2.05, 4.69) is 22.5 Å². The number of aromatic nitrogens is 1. The maximum Gasteiger partial charge on any atom is 0.255 e. The van der Waals surface area contributed by atoms with Crippen LogP contribution in [0.1, 0.15) is 43.7 Å². The Hall–Kier alpha value is -2.86. The molecule has 1 aromatic heterocycles. The monoisotopic (exact) mass is 433 g/mol. The van der Waals surface area contributed by atoms with Crippen LogP contribution in [0.4, 0.5) is 5.82 Å². The number of anilines is 1. The van der Waals surface area contributed by atoms with E-state index in [-0.39, 0.29) is 11.7 Å². The number of rotatable bonds is 4. The number of Topliss-reactive ketones (excluding diaryl/α,β-unsaturated/α-hetero) is 1. The van der Waals surface area contributed by atoms with E-state index < -0.39 is 5.92 Å². The summed E-state index contributed by atoms with van der Waals surface area (Å²) >= 11 is 1.67. The lowest BCUT2D eigenvalue weighted by Gasteiger charge is -2.36. The van der Waals surface area contributed by atoms with Crippen LogP contribution in [0.5, 0.6) is 0 Å². The fraction of sp³-hybridized carbons (Fsp3) is 0.320. The van der Waals surface area contributed by atoms with Crippen LogP contribution in [0.25, 0.3) is 0 Å². The molecule has 0 fully saturated rings. The fourth-order valence-corrected chi connectivity index (χ4v) is 4.80. The molecule has 31 heavy (non-hydrogen) atoms. The second-order valence-electron chi connectivity index (χ2n) is 8.37. The van der Waals surface area contributed by atoms with E-state index in [1.165, 1.54) is 0 Å². The Balaban J connectivity index is 1.77. The third-order valence-corrected chi connectivity index (χ3v) is 6.62. The molecule has 1 aliphatic carbocycles. The number of hydrogen-bond donors (Lipinski definition) is 2. The number of pyridine rings is 1. The van der Waals surface area contributed by atoms with E-state index in [1.54, 1.807) is 24.0 Å². The molecular formula is C25H27N3O2S. The Morgan fingerprint density at radius 1 is 1.13 bits per heavy atom. The third kappa shape index (κ3) is 4.30. The molecule has 0 spiro atoms. The van der Waals surface area contributed by atoms with Gasteiger partial charge in [-0.25, -0.2) is 4.98 Å². The lowest BCUT2D eigenvalue weighted by molar-refractivity contribution is -0.117. The van der Waals surface area contributed by atoms with Gasteiger partial charge in [0.25, 0.3) is 5.91 Å². The second-order valence-corrected chi connectivity index (χ2v) is 9.25. The van der Waals surface area contributed by atoms with E-state index >= 15 is 0 Å². The van der Waals surface area contributed by atoms with Gasteiger partial charge < -0.3 is 10.6 Å². The molecule has 0 saturated carbocycles. The molecule has 2 N–H and O–H groups in total. The molecule has 2 unspecified atom stereocenters. The molecule has 0 saturated heterocycles. The molecular weight excluding hydrogens is 406 g/mol. The van der Waals surface area contributed by atoms with Crippen molar-refractivity contribution >= 4 is 29.3 Å². The summed E-state index contributed by atoms with van der Waals surface area (Å²) in [6, 6.07) is 11.9. The van der Waals surface area contributed by atoms with E-state index in [0.717, 1.165) is 39.4 Å². The Labute approximate surface area is 187 Å². The molecule has 2 aliphatic rings. The number of thioether (sulfide) groups is 1. The normalized spacial score (nSPS) is 21.0. The lowest BCUT2D eigenvalue weighted by Crippen LogP contribution is -2.37. The molecule has 0 bridgehead atoms. The summed E-state index contributed by atoms with van der Waals surface area (Å²) in [5.41, 5.74) is 5.00. The Morgan fingerprint density at radius 2 is 1.87 bits per heavy atom. The first kappa shape index (κ1) is 21.4. The summed E-state index contributed by atoms with van der Waals surface area (Å²) < 4.78 is 0. The van der Waals surface area contributed by atoms with E-state index in [9.17, 15) is 9.59 Å². The highest BCUT2D eigenvalue weighted by atomic mass is 32.2. The second kappa shape index (κ2) is 8.71. The minimum absolute atomic E-state index is 0.117. The molecule has 5 nitrogen and oxygen atoms in total. The van der Waals surface area contributed by atoms with Gasteiger partial charge in [0.2, 0.25) is 0 Å². The highest BCUT2D eigenvalue weighted by Gasteiger charge is 2.39. The zero-order chi connectivity index (χ0) is 22.1. The lowest BCUT2D eigenvalue weighted by atomic mass is 9.73. The molecule has 1 aromatic carbocycles. The van der Waals surface area contributed by atoms with Crippen molar-refractivity contribution in [2.75, 3.05) is 11.6 Å². The number of nitrogens with zero attached hydrogens (tertiary/aromatic N) is 1. The van der Waals surface area contributed by atoms with Gasteiger partial charge in [-0.2, -0.15) is 0 Å². The van der Waals surface area contributed by atoms with Crippen molar-refractivity contribution in [3.8, 4) is 0 Å². The smallest absolute Gasteiger partial charge is 0.255 e. The standard InChI is InChI=1S/C25H27N3O2S/c1-14-5-10-21(26-13-14)28-25(30)22-16(3)27-19-11-15(2)12-20(29)24(19)23(22)17-6-8-18(31-4)9-7-17/h5-10,13,15,23,27H,11-12H2,1-4H3,(H,26,28,30). The number of carbonyl (C=O) groups excluding carboxylic acids is 2. The maximum atomic E-state index is 13.4. The summed E-state index contributed by atoms with van der Waals surface area (Å²) in [7, 11) is 0. The van der Waals surface area contributed by atoms with Crippen molar-refractivity contribution < 1.29 is 9.59 Å². The average Bonchev–Trinajstić information content (AvgIpc) is 2.74. The van der Waals surface area contributed by atoms with Gasteiger partial charge in [0.1, 0.15) is 5.82 Å². The quantitative estimate of drug-likeness (QED) is 0.667. The van der Waals surface area contributed by atoms with Crippen molar-refractivity contribution in [3.05, 3.63) is 76.3 Å². The highest BCUT2D eigenvalue weighted by molar-refractivity contribution is 7.98. The maximum absolute atomic E-state index is 13.4. The zero-order valence-electron chi connectivity index (χ0n) is 18.3. The first-order valence-electron chi connectivity index (χ1n) is 10.5. The van der Waals surface area contributed by atoms with Gasteiger partial charge in [0, 0.05) is 46.0 Å². The average molecular weight is 434 g/mol. The van der Waals surface area contributed by atoms with Gasteiger partial charge >= 0.3 is 0 Å².